The Balaban J connectivity index is 1.63. The summed E-state index contributed by atoms with van der Waals surface area (Å²) in [6, 6.07) is 8.41. The van der Waals surface area contributed by atoms with Gasteiger partial charge in [-0.25, -0.2) is 4.98 Å². The molecule has 0 spiro atoms. The average Bonchev–Trinajstić information content (AvgIpc) is 3.24. The van der Waals surface area contributed by atoms with Crippen LogP contribution in [0.4, 0.5) is 5.82 Å². The van der Waals surface area contributed by atoms with E-state index in [9.17, 15) is 0 Å². The second-order valence-corrected chi connectivity index (χ2v) is 6.88. The molecule has 1 aliphatic heterocycles. The quantitative estimate of drug-likeness (QED) is 0.791. The van der Waals surface area contributed by atoms with Crippen molar-refractivity contribution in [2.24, 2.45) is 0 Å². The number of aromatic nitrogens is 2. The first-order valence-electron chi connectivity index (χ1n) is 7.77. The average molecular weight is 334 g/mol. The van der Waals surface area contributed by atoms with Crippen molar-refractivity contribution in [1.82, 2.24) is 9.97 Å². The van der Waals surface area contributed by atoms with Crippen molar-refractivity contribution in [1.29, 1.82) is 0 Å². The molecule has 0 bridgehead atoms. The highest BCUT2D eigenvalue weighted by molar-refractivity contribution is 6.30. The van der Waals surface area contributed by atoms with Crippen LogP contribution in [-0.4, -0.2) is 16.5 Å². The fourth-order valence-electron chi connectivity index (χ4n) is 3.21. The standard InChI is InChI=1S/C17H17Cl2N3/c18-13-7-5-11(6-8-13)14-2-1-9-22(14)15-10-20-16(12-3-4-12)17(19)21-15/h5-8,10,12,14H,1-4,9H2. The van der Waals surface area contributed by atoms with Gasteiger partial charge in [0, 0.05) is 17.5 Å². The zero-order valence-corrected chi connectivity index (χ0v) is 13.7. The first kappa shape index (κ1) is 14.3. The van der Waals surface area contributed by atoms with E-state index in [1.54, 1.807) is 0 Å². The summed E-state index contributed by atoms with van der Waals surface area (Å²) in [5.41, 5.74) is 2.23. The van der Waals surface area contributed by atoms with Crippen LogP contribution < -0.4 is 4.90 Å². The van der Waals surface area contributed by atoms with Crippen LogP contribution in [0.1, 0.15) is 48.9 Å². The van der Waals surface area contributed by atoms with Gasteiger partial charge in [-0.2, -0.15) is 0 Å². The monoisotopic (exact) mass is 333 g/mol. The molecule has 114 valence electrons. The normalized spacial score (nSPS) is 21.4. The Morgan fingerprint density at radius 2 is 1.82 bits per heavy atom. The maximum Gasteiger partial charge on any atom is 0.153 e. The lowest BCUT2D eigenvalue weighted by Gasteiger charge is -2.26. The summed E-state index contributed by atoms with van der Waals surface area (Å²) in [5, 5.41) is 1.34. The minimum Gasteiger partial charge on any atom is -0.348 e. The number of anilines is 1. The van der Waals surface area contributed by atoms with E-state index in [0.29, 0.717) is 17.1 Å². The van der Waals surface area contributed by atoms with E-state index in [2.05, 4.69) is 27.0 Å². The second kappa shape index (κ2) is 5.71. The molecule has 1 saturated heterocycles. The molecule has 5 heteroatoms. The highest BCUT2D eigenvalue weighted by Crippen LogP contribution is 2.42. The van der Waals surface area contributed by atoms with Crippen LogP contribution >= 0.6 is 23.2 Å². The van der Waals surface area contributed by atoms with Crippen LogP contribution in [0.2, 0.25) is 10.2 Å². The molecule has 3 nitrogen and oxygen atoms in total. The van der Waals surface area contributed by atoms with Gasteiger partial charge in [0.25, 0.3) is 0 Å². The van der Waals surface area contributed by atoms with Gasteiger partial charge in [-0.05, 0) is 43.4 Å². The van der Waals surface area contributed by atoms with Gasteiger partial charge in [-0.3, -0.25) is 4.98 Å². The van der Waals surface area contributed by atoms with E-state index in [1.165, 1.54) is 18.4 Å². The molecule has 1 unspecified atom stereocenters. The summed E-state index contributed by atoms with van der Waals surface area (Å²) in [6.07, 6.45) is 6.52. The third-order valence-corrected chi connectivity index (χ3v) is 5.04. The van der Waals surface area contributed by atoms with Crippen molar-refractivity contribution in [2.75, 3.05) is 11.4 Å². The minimum atomic E-state index is 0.328. The highest BCUT2D eigenvalue weighted by atomic mass is 35.5. The third kappa shape index (κ3) is 2.68. The van der Waals surface area contributed by atoms with E-state index in [0.717, 1.165) is 35.9 Å². The molecule has 0 radical (unpaired) electrons. The van der Waals surface area contributed by atoms with E-state index in [-0.39, 0.29) is 0 Å². The predicted molar refractivity (Wildman–Crippen MR) is 89.8 cm³/mol. The molecule has 2 heterocycles. The maximum absolute atomic E-state index is 6.34. The minimum absolute atomic E-state index is 0.328. The molecular formula is C17H17Cl2N3. The number of hydrogen-bond acceptors (Lipinski definition) is 3. The fourth-order valence-corrected chi connectivity index (χ4v) is 3.62. The number of nitrogens with zero attached hydrogens (tertiary/aromatic N) is 3. The molecule has 2 aliphatic rings. The summed E-state index contributed by atoms with van der Waals surface area (Å²) >= 11 is 12.3. The lowest BCUT2D eigenvalue weighted by Crippen LogP contribution is -2.24. The van der Waals surface area contributed by atoms with Gasteiger partial charge >= 0.3 is 0 Å². The zero-order valence-electron chi connectivity index (χ0n) is 12.2. The van der Waals surface area contributed by atoms with Gasteiger partial charge in [0.1, 0.15) is 5.82 Å². The number of rotatable bonds is 3. The molecule has 4 rings (SSSR count). The molecule has 2 fully saturated rings. The van der Waals surface area contributed by atoms with E-state index in [1.807, 2.05) is 18.3 Å². The Kier molecular flexibility index (Phi) is 3.71. The van der Waals surface area contributed by atoms with E-state index in [4.69, 9.17) is 23.2 Å². The SMILES string of the molecule is Clc1ccc(C2CCCN2c2cnc(C3CC3)c(Cl)n2)cc1. The Hall–Kier alpha value is -1.32. The van der Waals surface area contributed by atoms with Gasteiger partial charge in [-0.15, -0.1) is 0 Å². The second-order valence-electron chi connectivity index (χ2n) is 6.08. The molecule has 0 amide bonds. The van der Waals surface area contributed by atoms with Gasteiger partial charge in [0.05, 0.1) is 17.9 Å². The van der Waals surface area contributed by atoms with Crippen LogP contribution in [0.25, 0.3) is 0 Å². The predicted octanol–water partition coefficient (Wildman–Crippen LogP) is 5.00. The zero-order chi connectivity index (χ0) is 15.1. The summed E-state index contributed by atoms with van der Waals surface area (Å²) < 4.78 is 0. The van der Waals surface area contributed by atoms with Crippen molar-refractivity contribution in [2.45, 2.75) is 37.6 Å². The number of benzene rings is 1. The fraction of sp³-hybridized carbons (Fsp3) is 0.412. The van der Waals surface area contributed by atoms with Gasteiger partial charge in [0.2, 0.25) is 0 Å². The molecule has 1 atom stereocenters. The Morgan fingerprint density at radius 3 is 2.50 bits per heavy atom. The van der Waals surface area contributed by atoms with Gasteiger partial charge in [-0.1, -0.05) is 35.3 Å². The van der Waals surface area contributed by atoms with Crippen LogP contribution in [0.15, 0.2) is 30.5 Å². The lowest BCUT2D eigenvalue weighted by molar-refractivity contribution is 0.709. The lowest BCUT2D eigenvalue weighted by atomic mass is 10.0. The molecular weight excluding hydrogens is 317 g/mol. The molecule has 1 aromatic carbocycles. The molecule has 1 aromatic heterocycles. The van der Waals surface area contributed by atoms with Crippen LogP contribution in [0, 0.1) is 0 Å². The summed E-state index contributed by atoms with van der Waals surface area (Å²) in [4.78, 5) is 11.5. The Morgan fingerprint density at radius 1 is 1.05 bits per heavy atom. The first-order chi connectivity index (χ1) is 10.7. The van der Waals surface area contributed by atoms with Crippen molar-refractivity contribution in [3.63, 3.8) is 0 Å². The van der Waals surface area contributed by atoms with E-state index >= 15 is 0 Å². The van der Waals surface area contributed by atoms with E-state index < -0.39 is 0 Å². The van der Waals surface area contributed by atoms with Gasteiger partial charge < -0.3 is 4.90 Å². The number of hydrogen-bond donors (Lipinski definition) is 0. The van der Waals surface area contributed by atoms with Crippen LogP contribution in [-0.2, 0) is 0 Å². The third-order valence-electron chi connectivity index (χ3n) is 4.51. The van der Waals surface area contributed by atoms with Crippen molar-refractivity contribution < 1.29 is 0 Å². The molecule has 1 aliphatic carbocycles. The van der Waals surface area contributed by atoms with Crippen molar-refractivity contribution in [3.05, 3.63) is 51.9 Å². The molecule has 0 N–H and O–H groups in total. The molecule has 2 aromatic rings. The molecule has 1 saturated carbocycles. The van der Waals surface area contributed by atoms with Crippen molar-refractivity contribution in [3.8, 4) is 0 Å². The Labute approximate surface area is 140 Å². The van der Waals surface area contributed by atoms with Gasteiger partial charge in [0.15, 0.2) is 5.15 Å². The summed E-state index contributed by atoms with van der Waals surface area (Å²) in [5.74, 6) is 1.41. The molecule has 22 heavy (non-hydrogen) atoms. The largest absolute Gasteiger partial charge is 0.348 e. The Bertz CT molecular complexity index is 683. The summed E-state index contributed by atoms with van der Waals surface area (Å²) in [7, 11) is 0. The smallest absolute Gasteiger partial charge is 0.153 e. The maximum atomic E-state index is 6.34. The summed E-state index contributed by atoms with van der Waals surface area (Å²) in [6.45, 7) is 0.987. The van der Waals surface area contributed by atoms with Crippen LogP contribution in [0.3, 0.4) is 0 Å². The van der Waals surface area contributed by atoms with Crippen molar-refractivity contribution >= 4 is 29.0 Å². The number of halogens is 2. The van der Waals surface area contributed by atoms with Crippen LogP contribution in [0.5, 0.6) is 0 Å². The first-order valence-corrected chi connectivity index (χ1v) is 8.52. The highest BCUT2D eigenvalue weighted by Gasteiger charge is 2.31. The topological polar surface area (TPSA) is 29.0 Å².